The van der Waals surface area contributed by atoms with Gasteiger partial charge in [0.25, 0.3) is 0 Å². The first-order chi connectivity index (χ1) is 7.74. The van der Waals surface area contributed by atoms with Crippen molar-refractivity contribution in [3.63, 3.8) is 0 Å². The molecule has 2 N–H and O–H groups in total. The minimum Gasteiger partial charge on any atom is -0.490 e. The summed E-state index contributed by atoms with van der Waals surface area (Å²) >= 11 is 0. The molecule has 0 aliphatic rings. The van der Waals surface area contributed by atoms with E-state index in [1.165, 1.54) is 0 Å². The van der Waals surface area contributed by atoms with Gasteiger partial charge in [0.1, 0.15) is 12.4 Å². The summed E-state index contributed by atoms with van der Waals surface area (Å²) in [6, 6.07) is 3.72. The van der Waals surface area contributed by atoms with E-state index in [1.54, 1.807) is 6.20 Å². The van der Waals surface area contributed by atoms with Gasteiger partial charge < -0.3 is 15.2 Å². The standard InChI is InChI=1S/C12H20N2O2/c1-3-6-15-7-8-16-11-4-5-12(10(2)13)14-9-11/h4-5,9-10H,3,6-8,13H2,1-2H3/t10-/m1/s1. The van der Waals surface area contributed by atoms with E-state index >= 15 is 0 Å². The highest BCUT2D eigenvalue weighted by molar-refractivity contribution is 5.21. The SMILES string of the molecule is CCCOCCOc1ccc([C@@H](C)N)nc1. The van der Waals surface area contributed by atoms with Gasteiger partial charge in [-0.05, 0) is 25.5 Å². The smallest absolute Gasteiger partial charge is 0.137 e. The molecule has 0 aliphatic heterocycles. The Morgan fingerprint density at radius 2 is 2.12 bits per heavy atom. The van der Waals surface area contributed by atoms with E-state index < -0.39 is 0 Å². The van der Waals surface area contributed by atoms with Crippen molar-refractivity contribution < 1.29 is 9.47 Å². The van der Waals surface area contributed by atoms with Crippen LogP contribution >= 0.6 is 0 Å². The van der Waals surface area contributed by atoms with Crippen molar-refractivity contribution in [3.05, 3.63) is 24.0 Å². The summed E-state index contributed by atoms with van der Waals surface area (Å²) in [7, 11) is 0. The Hall–Kier alpha value is -1.13. The van der Waals surface area contributed by atoms with Gasteiger partial charge in [-0.25, -0.2) is 0 Å². The van der Waals surface area contributed by atoms with Gasteiger partial charge >= 0.3 is 0 Å². The molecule has 1 aromatic heterocycles. The molecule has 1 atom stereocenters. The van der Waals surface area contributed by atoms with Gasteiger partial charge in [0, 0.05) is 12.6 Å². The number of rotatable bonds is 7. The Kier molecular flexibility index (Phi) is 5.82. The molecule has 1 heterocycles. The molecule has 0 spiro atoms. The van der Waals surface area contributed by atoms with Gasteiger partial charge in [-0.3, -0.25) is 4.98 Å². The lowest BCUT2D eigenvalue weighted by Crippen LogP contribution is -2.09. The number of hydrogen-bond donors (Lipinski definition) is 1. The molecule has 16 heavy (non-hydrogen) atoms. The van der Waals surface area contributed by atoms with Gasteiger partial charge in [-0.15, -0.1) is 0 Å². The van der Waals surface area contributed by atoms with Crippen LogP contribution in [0.2, 0.25) is 0 Å². The maximum absolute atomic E-state index is 5.70. The third-order valence-corrected chi connectivity index (χ3v) is 2.07. The van der Waals surface area contributed by atoms with Crippen LogP contribution in [0.4, 0.5) is 0 Å². The Morgan fingerprint density at radius 1 is 1.31 bits per heavy atom. The molecule has 0 unspecified atom stereocenters. The van der Waals surface area contributed by atoms with Crippen LogP contribution in [0.5, 0.6) is 5.75 Å². The fraction of sp³-hybridized carbons (Fsp3) is 0.583. The van der Waals surface area contributed by atoms with Gasteiger partial charge in [-0.1, -0.05) is 6.92 Å². The minimum atomic E-state index is -0.0399. The molecule has 0 aliphatic carbocycles. The number of hydrogen-bond acceptors (Lipinski definition) is 4. The third kappa shape index (κ3) is 4.59. The first-order valence-electron chi connectivity index (χ1n) is 5.66. The second-order valence-electron chi connectivity index (χ2n) is 3.67. The zero-order valence-corrected chi connectivity index (χ0v) is 9.98. The lowest BCUT2D eigenvalue weighted by molar-refractivity contribution is 0.100. The maximum Gasteiger partial charge on any atom is 0.137 e. The Morgan fingerprint density at radius 3 is 2.69 bits per heavy atom. The largest absolute Gasteiger partial charge is 0.490 e. The van der Waals surface area contributed by atoms with Crippen LogP contribution in [0.3, 0.4) is 0 Å². The molecule has 0 radical (unpaired) electrons. The molecule has 0 bridgehead atoms. The Labute approximate surface area is 96.8 Å². The first kappa shape index (κ1) is 12.9. The summed E-state index contributed by atoms with van der Waals surface area (Å²) in [6.07, 6.45) is 2.73. The van der Waals surface area contributed by atoms with Crippen LogP contribution in [-0.2, 0) is 4.74 Å². The van der Waals surface area contributed by atoms with Gasteiger partial charge in [0.2, 0.25) is 0 Å². The zero-order chi connectivity index (χ0) is 11.8. The molecule has 0 aromatic carbocycles. The summed E-state index contributed by atoms with van der Waals surface area (Å²) in [5.74, 6) is 0.754. The quantitative estimate of drug-likeness (QED) is 0.719. The lowest BCUT2D eigenvalue weighted by Gasteiger charge is -2.08. The molecule has 0 fully saturated rings. The summed E-state index contributed by atoms with van der Waals surface area (Å²) < 4.78 is 10.8. The van der Waals surface area contributed by atoms with Crippen molar-refractivity contribution in [2.75, 3.05) is 19.8 Å². The van der Waals surface area contributed by atoms with Crippen LogP contribution in [0.25, 0.3) is 0 Å². The van der Waals surface area contributed by atoms with Crippen molar-refractivity contribution in [1.29, 1.82) is 0 Å². The Bertz CT molecular complexity index is 286. The van der Waals surface area contributed by atoms with E-state index in [1.807, 2.05) is 19.1 Å². The highest BCUT2D eigenvalue weighted by Crippen LogP contribution is 2.12. The van der Waals surface area contributed by atoms with Crippen molar-refractivity contribution in [1.82, 2.24) is 4.98 Å². The van der Waals surface area contributed by atoms with Crippen LogP contribution < -0.4 is 10.5 Å². The molecule has 4 heteroatoms. The normalized spacial score (nSPS) is 12.4. The topological polar surface area (TPSA) is 57.4 Å². The van der Waals surface area contributed by atoms with Crippen LogP contribution in [-0.4, -0.2) is 24.8 Å². The van der Waals surface area contributed by atoms with Gasteiger partial charge in [0.05, 0.1) is 18.5 Å². The number of pyridine rings is 1. The molecule has 4 nitrogen and oxygen atoms in total. The molecule has 0 amide bonds. The fourth-order valence-corrected chi connectivity index (χ4v) is 1.21. The summed E-state index contributed by atoms with van der Waals surface area (Å²) in [5, 5.41) is 0. The van der Waals surface area contributed by atoms with Gasteiger partial charge in [-0.2, -0.15) is 0 Å². The van der Waals surface area contributed by atoms with E-state index in [9.17, 15) is 0 Å². The van der Waals surface area contributed by atoms with Crippen LogP contribution in [0.15, 0.2) is 18.3 Å². The summed E-state index contributed by atoms with van der Waals surface area (Å²) in [4.78, 5) is 4.20. The van der Waals surface area contributed by atoms with E-state index in [2.05, 4.69) is 11.9 Å². The van der Waals surface area contributed by atoms with E-state index in [0.29, 0.717) is 13.2 Å². The number of nitrogens with zero attached hydrogens (tertiary/aromatic N) is 1. The number of aromatic nitrogens is 1. The zero-order valence-electron chi connectivity index (χ0n) is 9.98. The molecular weight excluding hydrogens is 204 g/mol. The predicted octanol–water partition coefficient (Wildman–Crippen LogP) is 1.91. The lowest BCUT2D eigenvalue weighted by atomic mass is 10.2. The van der Waals surface area contributed by atoms with Crippen LogP contribution in [0.1, 0.15) is 32.0 Å². The van der Waals surface area contributed by atoms with Crippen molar-refractivity contribution in [3.8, 4) is 5.75 Å². The summed E-state index contributed by atoms with van der Waals surface area (Å²) in [5.41, 5.74) is 6.57. The van der Waals surface area contributed by atoms with E-state index in [4.69, 9.17) is 15.2 Å². The van der Waals surface area contributed by atoms with E-state index in [-0.39, 0.29) is 6.04 Å². The number of ether oxygens (including phenoxy) is 2. The summed E-state index contributed by atoms with van der Waals surface area (Å²) in [6.45, 7) is 5.94. The average Bonchev–Trinajstić information content (AvgIpc) is 2.29. The molecule has 0 saturated carbocycles. The molecule has 1 aromatic rings. The van der Waals surface area contributed by atoms with Crippen molar-refractivity contribution >= 4 is 0 Å². The third-order valence-electron chi connectivity index (χ3n) is 2.07. The molecule has 0 saturated heterocycles. The monoisotopic (exact) mass is 224 g/mol. The second kappa shape index (κ2) is 7.19. The second-order valence-corrected chi connectivity index (χ2v) is 3.67. The van der Waals surface area contributed by atoms with Crippen LogP contribution in [0, 0.1) is 0 Å². The Balaban J connectivity index is 2.27. The maximum atomic E-state index is 5.70. The minimum absolute atomic E-state index is 0.0399. The molecule has 1 rings (SSSR count). The molecule has 90 valence electrons. The van der Waals surface area contributed by atoms with E-state index in [0.717, 1.165) is 24.5 Å². The number of nitrogens with two attached hydrogens (primary N) is 1. The average molecular weight is 224 g/mol. The first-order valence-corrected chi connectivity index (χ1v) is 5.66. The van der Waals surface area contributed by atoms with Crippen molar-refractivity contribution in [2.24, 2.45) is 5.73 Å². The van der Waals surface area contributed by atoms with Gasteiger partial charge in [0.15, 0.2) is 0 Å². The fourth-order valence-electron chi connectivity index (χ4n) is 1.21. The highest BCUT2D eigenvalue weighted by atomic mass is 16.5. The highest BCUT2D eigenvalue weighted by Gasteiger charge is 2.00. The molecular formula is C12H20N2O2. The van der Waals surface area contributed by atoms with Crippen molar-refractivity contribution in [2.45, 2.75) is 26.3 Å². The predicted molar refractivity (Wildman–Crippen MR) is 63.4 cm³/mol.